The lowest BCUT2D eigenvalue weighted by Crippen LogP contribution is -3.61. The number of benzene rings is 3. The van der Waals surface area contributed by atoms with Gasteiger partial charge in [-0.15, -0.1) is 0 Å². The van der Waals surface area contributed by atoms with Crippen molar-refractivity contribution in [3.05, 3.63) is 102 Å². The number of halogens is 1. The molecule has 1 atom stereocenters. The summed E-state index contributed by atoms with van der Waals surface area (Å²) in [7, 11) is 0. The number of carbonyl (C=O) groups excluding carboxylic acids is 1. The normalized spacial score (nSPS) is 11.5. The molecule has 0 spiro atoms. The van der Waals surface area contributed by atoms with Crippen LogP contribution in [0.3, 0.4) is 0 Å². The molecule has 0 heterocycles. The first kappa shape index (κ1) is 38.0. The van der Waals surface area contributed by atoms with Crippen molar-refractivity contribution in [1.82, 2.24) is 0 Å². The van der Waals surface area contributed by atoms with Crippen molar-refractivity contribution in [3.8, 4) is 0 Å². The number of aromatic carboxylic acids is 1. The summed E-state index contributed by atoms with van der Waals surface area (Å²) in [5.74, 6) is -0.602. The molecule has 44 heavy (non-hydrogen) atoms. The van der Waals surface area contributed by atoms with E-state index in [9.17, 15) is 9.90 Å². The molecule has 0 radical (unpaired) electrons. The van der Waals surface area contributed by atoms with Gasteiger partial charge in [-0.05, 0) is 84.5 Å². The second-order valence-corrected chi connectivity index (χ2v) is 15.4. The van der Waals surface area contributed by atoms with Gasteiger partial charge in [0.1, 0.15) is 0 Å². The van der Waals surface area contributed by atoms with E-state index in [-0.39, 0.29) is 26.8 Å². The molecule has 0 aliphatic carbocycles. The molecule has 242 valence electrons. The Balaban J connectivity index is 0.000000342. The SMILES string of the molecule is CCCCCCC(C)c1ccc(C(=O)[O-])cc1.CCCCCCCc1ccc([I+]c2ccc(CCCCCCC)cc2)cc1. The van der Waals surface area contributed by atoms with E-state index in [2.05, 4.69) is 76.2 Å². The lowest BCUT2D eigenvalue weighted by atomic mass is 9.94. The molecule has 0 aliphatic heterocycles. The van der Waals surface area contributed by atoms with Crippen molar-refractivity contribution in [3.63, 3.8) is 0 Å². The first-order chi connectivity index (χ1) is 21.5. The monoisotopic (exact) mass is 710 g/mol. The Bertz CT molecular complexity index is 1060. The maximum absolute atomic E-state index is 10.6. The van der Waals surface area contributed by atoms with Crippen LogP contribution in [0.1, 0.15) is 157 Å². The molecule has 0 saturated carbocycles. The van der Waals surface area contributed by atoms with Crippen molar-refractivity contribution in [1.29, 1.82) is 0 Å². The Labute approximate surface area is 280 Å². The third-order valence-corrected chi connectivity index (χ3v) is 11.1. The highest BCUT2D eigenvalue weighted by Gasteiger charge is 2.15. The number of rotatable bonds is 21. The molecule has 0 fully saturated rings. The number of aryl methyl sites for hydroxylation is 2. The molecule has 3 aromatic carbocycles. The molecule has 3 rings (SSSR count). The molecule has 1 unspecified atom stereocenters. The number of carboxylic acids is 1. The van der Waals surface area contributed by atoms with Crippen molar-refractivity contribution >= 4 is 5.97 Å². The summed E-state index contributed by atoms with van der Waals surface area (Å²) in [6, 6.07) is 26.0. The van der Waals surface area contributed by atoms with Gasteiger partial charge in [0.05, 0.1) is 5.97 Å². The fourth-order valence-corrected chi connectivity index (χ4v) is 7.57. The fraction of sp³-hybridized carbons (Fsp3) is 0.537. The van der Waals surface area contributed by atoms with E-state index in [4.69, 9.17) is 0 Å². The highest BCUT2D eigenvalue weighted by Crippen LogP contribution is 2.22. The van der Waals surface area contributed by atoms with Crippen molar-refractivity contribution in [2.75, 3.05) is 0 Å². The Morgan fingerprint density at radius 1 is 0.568 bits per heavy atom. The van der Waals surface area contributed by atoms with Crippen LogP contribution in [-0.4, -0.2) is 5.97 Å². The van der Waals surface area contributed by atoms with E-state index in [0.717, 1.165) is 0 Å². The number of hydrogen-bond acceptors (Lipinski definition) is 2. The minimum atomic E-state index is -1.10. The molecular formula is C41H59IO2. The lowest BCUT2D eigenvalue weighted by molar-refractivity contribution is -0.597. The van der Waals surface area contributed by atoms with E-state index >= 15 is 0 Å². The van der Waals surface area contributed by atoms with Gasteiger partial charge in [0.15, 0.2) is 7.14 Å². The van der Waals surface area contributed by atoms with Crippen LogP contribution in [0.25, 0.3) is 0 Å². The van der Waals surface area contributed by atoms with Crippen LogP contribution in [-0.2, 0) is 12.8 Å². The minimum Gasteiger partial charge on any atom is -0.545 e. The summed E-state index contributed by atoms with van der Waals surface area (Å²) < 4.78 is 3.08. The van der Waals surface area contributed by atoms with Crippen LogP contribution in [0.2, 0.25) is 0 Å². The molecule has 0 bridgehead atoms. The van der Waals surface area contributed by atoms with Crippen LogP contribution in [0.5, 0.6) is 0 Å². The molecule has 0 aromatic heterocycles. The minimum absolute atomic E-state index is 0.0408. The van der Waals surface area contributed by atoms with Crippen LogP contribution >= 0.6 is 0 Å². The Hall–Kier alpha value is -2.14. The van der Waals surface area contributed by atoms with Crippen LogP contribution in [0.15, 0.2) is 72.8 Å². The highest BCUT2D eigenvalue weighted by atomic mass is 127. The summed E-state index contributed by atoms with van der Waals surface area (Å²) in [5, 5.41) is 10.6. The molecule has 0 saturated heterocycles. The number of unbranched alkanes of at least 4 members (excludes halogenated alkanes) is 11. The second-order valence-electron chi connectivity index (χ2n) is 12.3. The first-order valence-electron chi connectivity index (χ1n) is 17.6. The van der Waals surface area contributed by atoms with Gasteiger partial charge in [0, 0.05) is 0 Å². The van der Waals surface area contributed by atoms with Gasteiger partial charge < -0.3 is 9.90 Å². The third-order valence-electron chi connectivity index (χ3n) is 8.39. The predicted molar refractivity (Wildman–Crippen MR) is 183 cm³/mol. The van der Waals surface area contributed by atoms with E-state index in [1.165, 1.54) is 133 Å². The average Bonchev–Trinajstić information content (AvgIpc) is 3.05. The molecule has 0 aliphatic rings. The molecule has 0 N–H and O–H groups in total. The topological polar surface area (TPSA) is 40.1 Å². The maximum Gasteiger partial charge on any atom is 0.357 e. The van der Waals surface area contributed by atoms with Gasteiger partial charge in [-0.3, -0.25) is 0 Å². The van der Waals surface area contributed by atoms with Crippen LogP contribution in [0.4, 0.5) is 0 Å². The Kier molecular flexibility index (Phi) is 20.9. The zero-order valence-corrected chi connectivity index (χ0v) is 30.4. The van der Waals surface area contributed by atoms with Gasteiger partial charge in [0.2, 0.25) is 0 Å². The van der Waals surface area contributed by atoms with Crippen molar-refractivity contribution < 1.29 is 31.1 Å². The standard InChI is InChI=1S/C26H38I.C15H22O2/c1-3-5-7-9-11-13-23-15-19-25(20-16-23)27-26-21-17-24(18-22-26)14-12-10-8-6-4-2;1-3-4-5-6-7-12(2)13-8-10-14(11-9-13)15(16)17/h15-22H,3-14H2,1-2H3;8-12H,3-7H2,1-2H3,(H,16,17)/q+1;/p-1. The highest BCUT2D eigenvalue weighted by molar-refractivity contribution is 5.85. The summed E-state index contributed by atoms with van der Waals surface area (Å²) in [5.41, 5.74) is 4.49. The lowest BCUT2D eigenvalue weighted by Gasteiger charge is -2.12. The smallest absolute Gasteiger partial charge is 0.357 e. The Morgan fingerprint density at radius 3 is 1.39 bits per heavy atom. The summed E-state index contributed by atoms with van der Waals surface area (Å²) in [4.78, 5) is 10.6. The maximum atomic E-state index is 10.6. The van der Waals surface area contributed by atoms with Gasteiger partial charge in [0.25, 0.3) is 0 Å². The first-order valence-corrected chi connectivity index (χ1v) is 19.8. The van der Waals surface area contributed by atoms with Gasteiger partial charge in [-0.2, -0.15) is 0 Å². The predicted octanol–water partition coefficient (Wildman–Crippen LogP) is 7.96. The van der Waals surface area contributed by atoms with Gasteiger partial charge >= 0.3 is 21.2 Å². The summed E-state index contributed by atoms with van der Waals surface area (Å²) in [6.07, 6.45) is 22.4. The molecular weight excluding hydrogens is 651 g/mol. The zero-order valence-electron chi connectivity index (χ0n) is 28.2. The largest absolute Gasteiger partial charge is 0.545 e. The number of hydrogen-bond donors (Lipinski definition) is 0. The summed E-state index contributed by atoms with van der Waals surface area (Å²) in [6.45, 7) is 8.97. The van der Waals surface area contributed by atoms with E-state index in [0.29, 0.717) is 5.92 Å². The van der Waals surface area contributed by atoms with E-state index in [1.807, 2.05) is 12.1 Å². The van der Waals surface area contributed by atoms with Crippen molar-refractivity contribution in [2.24, 2.45) is 0 Å². The number of carbonyl (C=O) groups is 1. The second kappa shape index (κ2) is 24.1. The molecule has 2 nitrogen and oxygen atoms in total. The van der Waals surface area contributed by atoms with Crippen LogP contribution in [0, 0.1) is 7.14 Å². The van der Waals surface area contributed by atoms with Gasteiger partial charge in [-0.25, -0.2) is 0 Å². The third kappa shape index (κ3) is 16.8. The molecule has 3 aromatic rings. The van der Waals surface area contributed by atoms with E-state index in [1.54, 1.807) is 12.1 Å². The summed E-state index contributed by atoms with van der Waals surface area (Å²) >= 11 is -0.0408. The Morgan fingerprint density at radius 2 is 0.977 bits per heavy atom. The average molecular weight is 711 g/mol. The quantitative estimate of drug-likeness (QED) is 0.0832. The number of carboxylic acid groups (broad SMARTS) is 1. The van der Waals surface area contributed by atoms with Crippen LogP contribution < -0.4 is 26.3 Å². The van der Waals surface area contributed by atoms with Gasteiger partial charge in [-0.1, -0.05) is 153 Å². The molecule has 0 amide bonds. The van der Waals surface area contributed by atoms with Crippen molar-refractivity contribution in [2.45, 2.75) is 143 Å². The zero-order chi connectivity index (χ0) is 31.8. The van der Waals surface area contributed by atoms with E-state index < -0.39 is 5.97 Å². The molecule has 3 heteroatoms. The fourth-order valence-electron chi connectivity index (χ4n) is 5.41.